The number of rotatable bonds is 5. The zero-order valence-electron chi connectivity index (χ0n) is 14.9. The van der Waals surface area contributed by atoms with Crippen LogP contribution in [0.5, 0.6) is 5.75 Å². The molecular formula is C19H26N2O4. The van der Waals surface area contributed by atoms with E-state index in [0.717, 1.165) is 32.1 Å². The second kappa shape index (κ2) is 7.02. The number of nitro benzene ring substituents is 1. The molecule has 0 heterocycles. The van der Waals surface area contributed by atoms with Crippen molar-refractivity contribution in [3.63, 3.8) is 0 Å². The number of benzene rings is 1. The number of nitro groups is 1. The lowest BCUT2D eigenvalue weighted by Crippen LogP contribution is -2.45. The van der Waals surface area contributed by atoms with Gasteiger partial charge in [-0.15, -0.1) is 0 Å². The van der Waals surface area contributed by atoms with Gasteiger partial charge in [-0.3, -0.25) is 14.9 Å². The predicted octanol–water partition coefficient (Wildman–Crippen LogP) is 4.54. The minimum Gasteiger partial charge on any atom is -0.490 e. The van der Waals surface area contributed by atoms with Crippen LogP contribution in [0.1, 0.15) is 51.9 Å². The van der Waals surface area contributed by atoms with Gasteiger partial charge in [0.2, 0.25) is 5.91 Å². The van der Waals surface area contributed by atoms with Crippen molar-refractivity contribution in [2.24, 2.45) is 17.3 Å². The monoisotopic (exact) mass is 346 g/mol. The van der Waals surface area contributed by atoms with Crippen molar-refractivity contribution in [2.75, 3.05) is 12.4 Å². The van der Waals surface area contributed by atoms with E-state index in [2.05, 4.69) is 12.2 Å². The minimum atomic E-state index is -0.484. The van der Waals surface area contributed by atoms with E-state index in [1.807, 2.05) is 0 Å². The van der Waals surface area contributed by atoms with Crippen molar-refractivity contribution in [3.05, 3.63) is 28.3 Å². The second-order valence-electron chi connectivity index (χ2n) is 7.55. The van der Waals surface area contributed by atoms with Crippen molar-refractivity contribution >= 4 is 17.3 Å². The minimum absolute atomic E-state index is 0.0613. The van der Waals surface area contributed by atoms with Crippen molar-refractivity contribution in [1.82, 2.24) is 0 Å². The maximum atomic E-state index is 13.1. The number of hydrogen-bond acceptors (Lipinski definition) is 4. The first-order valence-corrected chi connectivity index (χ1v) is 9.11. The van der Waals surface area contributed by atoms with Crippen molar-refractivity contribution in [1.29, 1.82) is 0 Å². The molecule has 0 saturated heterocycles. The average Bonchev–Trinajstić information content (AvgIpc) is 2.60. The van der Waals surface area contributed by atoms with Crippen LogP contribution in [0.3, 0.4) is 0 Å². The molecule has 2 aliphatic carbocycles. The Balaban J connectivity index is 1.80. The van der Waals surface area contributed by atoms with Crippen LogP contribution in [-0.2, 0) is 4.79 Å². The largest absolute Gasteiger partial charge is 0.490 e. The highest BCUT2D eigenvalue weighted by Crippen LogP contribution is 2.52. The SMILES string of the molecule is CCC1CC2CCCC(C(=O)Nc3ccc([N+](=O)[O-])c(OC)c3)(C1)C2. The summed E-state index contributed by atoms with van der Waals surface area (Å²) in [6.45, 7) is 2.21. The first kappa shape index (κ1) is 17.7. The third-order valence-corrected chi connectivity index (χ3v) is 5.99. The van der Waals surface area contributed by atoms with Gasteiger partial charge in [0, 0.05) is 17.8 Å². The highest BCUT2D eigenvalue weighted by molar-refractivity contribution is 5.95. The fraction of sp³-hybridized carbons (Fsp3) is 0.632. The van der Waals surface area contributed by atoms with Crippen LogP contribution in [0.2, 0.25) is 0 Å². The molecule has 2 aliphatic rings. The molecule has 25 heavy (non-hydrogen) atoms. The van der Waals surface area contributed by atoms with Crippen molar-refractivity contribution in [2.45, 2.75) is 51.9 Å². The first-order valence-electron chi connectivity index (χ1n) is 9.11. The molecule has 2 fully saturated rings. The van der Waals surface area contributed by atoms with E-state index in [4.69, 9.17) is 4.74 Å². The van der Waals surface area contributed by atoms with Gasteiger partial charge >= 0.3 is 5.69 Å². The van der Waals surface area contributed by atoms with Crippen molar-refractivity contribution in [3.8, 4) is 5.75 Å². The van der Waals surface area contributed by atoms with E-state index in [9.17, 15) is 14.9 Å². The number of hydrogen-bond donors (Lipinski definition) is 1. The summed E-state index contributed by atoms with van der Waals surface area (Å²) in [4.78, 5) is 23.6. The summed E-state index contributed by atoms with van der Waals surface area (Å²) in [6.07, 6.45) is 7.58. The van der Waals surface area contributed by atoms with Gasteiger partial charge in [0.15, 0.2) is 5.75 Å². The zero-order chi connectivity index (χ0) is 18.0. The molecule has 2 bridgehead atoms. The molecule has 3 unspecified atom stereocenters. The normalized spacial score (nSPS) is 28.2. The molecule has 3 atom stereocenters. The summed E-state index contributed by atoms with van der Waals surface area (Å²) >= 11 is 0. The number of nitrogens with one attached hydrogen (secondary N) is 1. The molecule has 0 aromatic heterocycles. The smallest absolute Gasteiger partial charge is 0.311 e. The van der Waals surface area contributed by atoms with Crippen LogP contribution in [-0.4, -0.2) is 17.9 Å². The number of anilines is 1. The molecule has 6 nitrogen and oxygen atoms in total. The zero-order valence-corrected chi connectivity index (χ0v) is 14.9. The van der Waals surface area contributed by atoms with Crippen LogP contribution in [0.25, 0.3) is 0 Å². The number of ether oxygens (including phenoxy) is 1. The molecule has 1 aromatic carbocycles. The average molecular weight is 346 g/mol. The summed E-state index contributed by atoms with van der Waals surface area (Å²) in [5, 5.41) is 14.0. The quantitative estimate of drug-likeness (QED) is 0.627. The summed E-state index contributed by atoms with van der Waals surface area (Å²) in [7, 11) is 1.39. The molecule has 136 valence electrons. The van der Waals surface area contributed by atoms with Gasteiger partial charge in [-0.2, -0.15) is 0 Å². The van der Waals surface area contributed by atoms with Crippen LogP contribution in [0, 0.1) is 27.4 Å². The lowest BCUT2D eigenvalue weighted by Gasteiger charge is -2.47. The molecule has 0 aliphatic heterocycles. The number of carbonyl (C=O) groups is 1. The number of fused-ring (bicyclic) bond motifs is 2. The highest BCUT2D eigenvalue weighted by Gasteiger charge is 2.47. The van der Waals surface area contributed by atoms with E-state index < -0.39 is 4.92 Å². The van der Waals surface area contributed by atoms with E-state index in [1.54, 1.807) is 6.07 Å². The van der Waals surface area contributed by atoms with Crippen LogP contribution in [0.4, 0.5) is 11.4 Å². The van der Waals surface area contributed by atoms with Gasteiger partial charge in [0.05, 0.1) is 17.4 Å². The maximum absolute atomic E-state index is 13.1. The second-order valence-corrected chi connectivity index (χ2v) is 7.55. The molecule has 3 rings (SSSR count). The van der Waals surface area contributed by atoms with E-state index >= 15 is 0 Å². The third kappa shape index (κ3) is 3.48. The highest BCUT2D eigenvalue weighted by atomic mass is 16.6. The Hall–Kier alpha value is -2.11. The van der Waals surface area contributed by atoms with Crippen LogP contribution < -0.4 is 10.1 Å². The van der Waals surface area contributed by atoms with Crippen LogP contribution in [0.15, 0.2) is 18.2 Å². The Labute approximate surface area is 148 Å². The van der Waals surface area contributed by atoms with Gasteiger partial charge in [-0.1, -0.05) is 26.2 Å². The predicted molar refractivity (Wildman–Crippen MR) is 95.7 cm³/mol. The topological polar surface area (TPSA) is 81.5 Å². The Morgan fingerprint density at radius 3 is 2.92 bits per heavy atom. The number of nitrogens with zero attached hydrogens (tertiary/aromatic N) is 1. The Morgan fingerprint density at radius 2 is 2.24 bits per heavy atom. The summed E-state index contributed by atoms with van der Waals surface area (Å²) in [5.74, 6) is 1.50. The standard InChI is InChI=1S/C19H26N2O4/c1-3-13-9-14-5-4-8-19(11-13,12-14)18(22)20-15-6-7-16(21(23)24)17(10-15)25-2/h6-7,10,13-14H,3-5,8-9,11-12H2,1-2H3,(H,20,22). The van der Waals surface area contributed by atoms with Gasteiger partial charge in [0.1, 0.15) is 0 Å². The maximum Gasteiger partial charge on any atom is 0.311 e. The summed E-state index contributed by atoms with van der Waals surface area (Å²) in [6, 6.07) is 4.49. The Morgan fingerprint density at radius 1 is 1.44 bits per heavy atom. The Kier molecular flexibility index (Phi) is 4.97. The molecule has 6 heteroatoms. The van der Waals surface area contributed by atoms with Gasteiger partial charge in [0.25, 0.3) is 0 Å². The van der Waals surface area contributed by atoms with Gasteiger partial charge < -0.3 is 10.1 Å². The van der Waals surface area contributed by atoms with E-state index in [1.165, 1.54) is 32.1 Å². The van der Waals surface area contributed by atoms with E-state index in [-0.39, 0.29) is 22.8 Å². The summed E-state index contributed by atoms with van der Waals surface area (Å²) < 4.78 is 5.10. The number of amides is 1. The fourth-order valence-corrected chi connectivity index (χ4v) is 4.76. The molecular weight excluding hydrogens is 320 g/mol. The van der Waals surface area contributed by atoms with Crippen molar-refractivity contribution < 1.29 is 14.5 Å². The van der Waals surface area contributed by atoms with Crippen LogP contribution >= 0.6 is 0 Å². The van der Waals surface area contributed by atoms with E-state index in [0.29, 0.717) is 17.5 Å². The first-order chi connectivity index (χ1) is 12.0. The fourth-order valence-electron chi connectivity index (χ4n) is 4.76. The lowest BCUT2D eigenvalue weighted by atomic mass is 9.58. The van der Waals surface area contributed by atoms with Gasteiger partial charge in [-0.25, -0.2) is 0 Å². The molecule has 0 spiro atoms. The molecule has 0 radical (unpaired) electrons. The summed E-state index contributed by atoms with van der Waals surface area (Å²) in [5.41, 5.74) is 0.180. The molecule has 1 aromatic rings. The lowest BCUT2D eigenvalue weighted by molar-refractivity contribution is -0.385. The molecule has 1 amide bonds. The number of methoxy groups -OCH3 is 1. The third-order valence-electron chi connectivity index (χ3n) is 5.99. The molecule has 1 N–H and O–H groups in total. The Bertz CT molecular complexity index is 675. The van der Waals surface area contributed by atoms with Gasteiger partial charge in [-0.05, 0) is 43.6 Å². The molecule has 2 saturated carbocycles. The number of carbonyl (C=O) groups excluding carboxylic acids is 1.